The first-order valence-electron chi connectivity index (χ1n) is 37.4. The van der Waals surface area contributed by atoms with Crippen LogP contribution in [0.5, 0.6) is 0 Å². The zero-order valence-electron chi connectivity index (χ0n) is 59.6. The first-order chi connectivity index (χ1) is 53.6. The summed E-state index contributed by atoms with van der Waals surface area (Å²) in [5, 5.41) is 47.8. The Labute approximate surface area is 626 Å². The number of hydrogen-bond acceptors (Lipinski definition) is 0. The second-order valence-electron chi connectivity index (χ2n) is 28.0. The lowest BCUT2D eigenvalue weighted by atomic mass is 9.97. The smallest absolute Gasteiger partial charge is 0.00268 e. The summed E-state index contributed by atoms with van der Waals surface area (Å²) >= 11 is 0. The molecule has 0 aliphatic heterocycles. The molecule has 0 unspecified atom stereocenters. The molecule has 0 aliphatic carbocycles. The average Bonchev–Trinajstić information content (AvgIpc) is 0.796. The van der Waals surface area contributed by atoms with Gasteiger partial charge in [-0.15, -0.1) is 0 Å². The molecule has 0 saturated heterocycles. The highest BCUT2D eigenvalue weighted by atomic mass is 14.1. The Morgan fingerprint density at radius 2 is 0.167 bits per heavy atom. The average molecular weight is 1370 g/mol. The molecule has 0 amide bonds. The third-order valence-corrected chi connectivity index (χ3v) is 21.8. The van der Waals surface area contributed by atoms with Crippen molar-refractivity contribution in [3.05, 3.63) is 437 Å². The third-order valence-electron chi connectivity index (χ3n) is 21.8. The van der Waals surface area contributed by atoms with Crippen LogP contribution in [0, 0.1) is 0 Å². The highest BCUT2D eigenvalue weighted by molar-refractivity contribution is 6.25. The summed E-state index contributed by atoms with van der Waals surface area (Å²) in [7, 11) is 0. The Hall–Kier alpha value is -14.0. The van der Waals surface area contributed by atoms with E-state index in [2.05, 4.69) is 437 Å². The molecule has 24 aromatic rings. The number of fused-ring (bicyclic) bond motifs is 30. The van der Waals surface area contributed by atoms with Gasteiger partial charge >= 0.3 is 0 Å². The summed E-state index contributed by atoms with van der Waals surface area (Å²) < 4.78 is 0. The molecule has 0 heteroatoms. The summed E-state index contributed by atoms with van der Waals surface area (Å²) in [6.45, 7) is 0. The van der Waals surface area contributed by atoms with E-state index in [0.717, 1.165) is 0 Å². The van der Waals surface area contributed by atoms with Crippen molar-refractivity contribution in [3.8, 4) is 0 Å². The second kappa shape index (κ2) is 28.5. The predicted molar refractivity (Wildman–Crippen MR) is 474 cm³/mol. The molecule has 0 fully saturated rings. The summed E-state index contributed by atoms with van der Waals surface area (Å²) in [6.07, 6.45) is 0. The van der Waals surface area contributed by atoms with Crippen molar-refractivity contribution in [1.29, 1.82) is 0 Å². The van der Waals surface area contributed by atoms with Crippen LogP contribution in [0.3, 0.4) is 0 Å². The van der Waals surface area contributed by atoms with Crippen LogP contribution in [0.25, 0.3) is 194 Å². The van der Waals surface area contributed by atoms with Crippen molar-refractivity contribution in [1.82, 2.24) is 0 Å². The van der Waals surface area contributed by atoms with Gasteiger partial charge in [0.15, 0.2) is 0 Å². The minimum absolute atomic E-state index is 1.31. The normalized spacial score (nSPS) is 11.3. The van der Waals surface area contributed by atoms with Crippen LogP contribution in [0.15, 0.2) is 437 Å². The topological polar surface area (TPSA) is 0 Å². The fourth-order valence-electron chi connectivity index (χ4n) is 16.7. The van der Waals surface area contributed by atoms with Gasteiger partial charge in [-0.1, -0.05) is 437 Å². The van der Waals surface area contributed by atoms with Gasteiger partial charge < -0.3 is 0 Å². The van der Waals surface area contributed by atoms with Gasteiger partial charge in [0.05, 0.1) is 0 Å². The van der Waals surface area contributed by atoms with Crippen molar-refractivity contribution in [2.75, 3.05) is 0 Å². The molecule has 0 N–H and O–H groups in total. The monoisotopic (exact) mass is 1370 g/mol. The summed E-state index contributed by atoms with van der Waals surface area (Å²) in [5.41, 5.74) is 0. The summed E-state index contributed by atoms with van der Waals surface area (Å²) in [4.78, 5) is 0. The lowest BCUT2D eigenvalue weighted by molar-refractivity contribution is 1.77. The zero-order chi connectivity index (χ0) is 71.7. The van der Waals surface area contributed by atoms with Crippen molar-refractivity contribution in [3.63, 3.8) is 0 Å². The molecular weight excluding hydrogens is 1300 g/mol. The van der Waals surface area contributed by atoms with Crippen LogP contribution >= 0.6 is 0 Å². The van der Waals surface area contributed by atoms with Gasteiger partial charge in [-0.2, -0.15) is 0 Å². The lowest BCUT2D eigenvalue weighted by Crippen LogP contribution is -1.80. The van der Waals surface area contributed by atoms with Crippen molar-refractivity contribution in [2.45, 2.75) is 0 Å². The molecule has 0 saturated carbocycles. The highest BCUT2D eigenvalue weighted by Crippen LogP contribution is 2.39. The van der Waals surface area contributed by atoms with Gasteiger partial charge in [0.2, 0.25) is 0 Å². The molecule has 0 radical (unpaired) electrons. The maximum Gasteiger partial charge on any atom is -0.00268 e. The molecule has 0 aromatic heterocycles. The molecule has 24 aromatic carbocycles. The van der Waals surface area contributed by atoms with Gasteiger partial charge in [-0.05, 0) is 194 Å². The Morgan fingerprint density at radius 1 is 0.0648 bits per heavy atom. The van der Waals surface area contributed by atoms with Crippen LogP contribution < -0.4 is 0 Å². The Kier molecular flexibility index (Phi) is 17.1. The Balaban J connectivity index is 0.0000000882. The molecule has 0 heterocycles. The zero-order valence-corrected chi connectivity index (χ0v) is 59.6. The van der Waals surface area contributed by atoms with Gasteiger partial charge in [-0.25, -0.2) is 0 Å². The van der Waals surface area contributed by atoms with E-state index in [4.69, 9.17) is 0 Å². The molecule has 0 atom stereocenters. The molecule has 0 spiro atoms. The van der Waals surface area contributed by atoms with E-state index in [1.54, 1.807) is 0 Å². The standard InChI is InChI=1S/6C18H12/c5*1-3-7-16-13(5-1)9-11-15-12-10-14-6-2-4-8-17(14)18(15)16;1-3-7-15-13(5-1)9-11-18-16-8-4-2-6-14(16)10-12-17(15)18/h6*1-12H. The quantitative estimate of drug-likeness (QED) is 0.133. The fraction of sp³-hybridized carbons (Fsp3) is 0. The number of rotatable bonds is 0. The first kappa shape index (κ1) is 64.8. The van der Waals surface area contributed by atoms with E-state index in [1.807, 2.05) is 0 Å². The van der Waals surface area contributed by atoms with Crippen LogP contribution in [0.4, 0.5) is 0 Å². The highest BCUT2D eigenvalue weighted by Gasteiger charge is 2.11. The van der Waals surface area contributed by atoms with E-state index in [0.29, 0.717) is 0 Å². The second-order valence-corrected chi connectivity index (χ2v) is 28.0. The van der Waals surface area contributed by atoms with Crippen LogP contribution in [-0.2, 0) is 0 Å². The minimum Gasteiger partial charge on any atom is -0.0616 e. The largest absolute Gasteiger partial charge is 0.0616 e. The van der Waals surface area contributed by atoms with Gasteiger partial charge in [0, 0.05) is 0 Å². The van der Waals surface area contributed by atoms with Crippen molar-refractivity contribution < 1.29 is 0 Å². The van der Waals surface area contributed by atoms with E-state index in [1.165, 1.54) is 194 Å². The molecule has 0 nitrogen and oxygen atoms in total. The Morgan fingerprint density at radius 3 is 0.315 bits per heavy atom. The van der Waals surface area contributed by atoms with E-state index in [9.17, 15) is 0 Å². The van der Waals surface area contributed by atoms with Crippen LogP contribution in [0.1, 0.15) is 0 Å². The summed E-state index contributed by atoms with van der Waals surface area (Å²) in [5.74, 6) is 0. The van der Waals surface area contributed by atoms with E-state index >= 15 is 0 Å². The first-order valence-corrected chi connectivity index (χ1v) is 37.4. The van der Waals surface area contributed by atoms with Crippen molar-refractivity contribution in [2.24, 2.45) is 0 Å². The molecule has 0 bridgehead atoms. The van der Waals surface area contributed by atoms with Gasteiger partial charge in [-0.3, -0.25) is 0 Å². The van der Waals surface area contributed by atoms with Gasteiger partial charge in [0.1, 0.15) is 0 Å². The molecule has 0 aliphatic rings. The SMILES string of the molecule is c1ccc2c(c1)ccc1c3ccccc3ccc21.c1ccc2c(c1)ccc1ccc3ccccc3c12.c1ccc2c(c1)ccc1ccc3ccccc3c12.c1ccc2c(c1)ccc1ccc3ccccc3c12.c1ccc2c(c1)ccc1ccc3ccccc3c12.c1ccc2c(c1)ccc1ccc3ccccc3c12. The van der Waals surface area contributed by atoms with Crippen LogP contribution in [-0.4, -0.2) is 0 Å². The van der Waals surface area contributed by atoms with Gasteiger partial charge in [0.25, 0.3) is 0 Å². The molecule has 24 rings (SSSR count). The van der Waals surface area contributed by atoms with E-state index in [-0.39, 0.29) is 0 Å². The predicted octanol–water partition coefficient (Wildman–Crippen LogP) is 30.9. The van der Waals surface area contributed by atoms with Crippen molar-refractivity contribution >= 4 is 194 Å². The van der Waals surface area contributed by atoms with E-state index < -0.39 is 0 Å². The van der Waals surface area contributed by atoms with Crippen LogP contribution in [0.2, 0.25) is 0 Å². The maximum absolute atomic E-state index is 2.24. The fourth-order valence-corrected chi connectivity index (χ4v) is 16.7. The Bertz CT molecular complexity index is 6270. The summed E-state index contributed by atoms with van der Waals surface area (Å²) in [6, 6.07) is 156. The number of benzene rings is 24. The molecule has 504 valence electrons. The third kappa shape index (κ3) is 12.2. The minimum atomic E-state index is 1.31. The maximum atomic E-state index is 2.24. The lowest BCUT2D eigenvalue weighted by Gasteiger charge is -2.07. The molecule has 108 heavy (non-hydrogen) atoms. The molecular formula is C108H72. The number of hydrogen-bond donors (Lipinski definition) is 0.